The molecule has 0 spiro atoms. The number of Topliss-reactive ketones (excluding diaryl/α,β-unsaturated/α-hetero) is 1. The van der Waals surface area contributed by atoms with Crippen LogP contribution in [0.15, 0.2) is 18.2 Å². The van der Waals surface area contributed by atoms with E-state index in [9.17, 15) is 14.7 Å². The van der Waals surface area contributed by atoms with Gasteiger partial charge in [-0.25, -0.2) is 4.79 Å². The second kappa shape index (κ2) is 5.21. The minimum atomic E-state index is -0.646. The maximum atomic E-state index is 11.9. The number of ether oxygens (including phenoxy) is 1. The first-order chi connectivity index (χ1) is 8.58. The number of phenols is 1. The summed E-state index contributed by atoms with van der Waals surface area (Å²) in [6, 6.07) is 4.73. The van der Waals surface area contributed by atoms with Crippen molar-refractivity contribution in [3.05, 3.63) is 29.3 Å². The molecule has 4 nitrogen and oxygen atoms in total. The van der Waals surface area contributed by atoms with Crippen LogP contribution in [0.25, 0.3) is 0 Å². The Bertz CT molecular complexity index is 479. The first kappa shape index (κ1) is 12.6. The lowest BCUT2D eigenvalue weighted by atomic mass is 9.96. The van der Waals surface area contributed by atoms with Gasteiger partial charge in [0.05, 0.1) is 0 Å². The van der Waals surface area contributed by atoms with Crippen LogP contribution < -0.4 is 0 Å². The summed E-state index contributed by atoms with van der Waals surface area (Å²) in [6.45, 7) is 1.82. The molecule has 1 saturated carbocycles. The number of hydrogen-bond acceptors (Lipinski definition) is 4. The molecule has 0 unspecified atom stereocenters. The molecule has 1 N–H and O–H groups in total. The van der Waals surface area contributed by atoms with E-state index in [4.69, 9.17) is 4.74 Å². The molecule has 1 aromatic carbocycles. The predicted molar refractivity (Wildman–Crippen MR) is 65.5 cm³/mol. The van der Waals surface area contributed by atoms with Crippen molar-refractivity contribution in [2.45, 2.75) is 38.7 Å². The zero-order valence-corrected chi connectivity index (χ0v) is 10.3. The summed E-state index contributed by atoms with van der Waals surface area (Å²) in [6.07, 6.45) is 2.16. The summed E-state index contributed by atoms with van der Waals surface area (Å²) in [5.74, 6) is -0.766. The highest BCUT2D eigenvalue weighted by Gasteiger charge is 2.27. The molecule has 0 radical (unpaired) electrons. The topological polar surface area (TPSA) is 63.6 Å². The Hall–Kier alpha value is -1.84. The van der Waals surface area contributed by atoms with E-state index >= 15 is 0 Å². The zero-order chi connectivity index (χ0) is 13.1. The van der Waals surface area contributed by atoms with Crippen molar-refractivity contribution in [3.8, 4) is 5.75 Å². The van der Waals surface area contributed by atoms with E-state index < -0.39 is 12.1 Å². The first-order valence-electron chi connectivity index (χ1n) is 6.11. The second-order valence-electron chi connectivity index (χ2n) is 4.63. The van der Waals surface area contributed by atoms with E-state index in [1.165, 1.54) is 12.1 Å². The summed E-state index contributed by atoms with van der Waals surface area (Å²) in [5.41, 5.74) is 0.969. The number of ketones is 1. The van der Waals surface area contributed by atoms with Crippen molar-refractivity contribution in [1.29, 1.82) is 0 Å². The minimum Gasteiger partial charge on any atom is -0.507 e. The van der Waals surface area contributed by atoms with Gasteiger partial charge in [-0.1, -0.05) is 6.07 Å². The zero-order valence-electron chi connectivity index (χ0n) is 10.3. The summed E-state index contributed by atoms with van der Waals surface area (Å²) >= 11 is 0. The van der Waals surface area contributed by atoms with Crippen molar-refractivity contribution in [3.63, 3.8) is 0 Å². The molecule has 1 atom stereocenters. The maximum absolute atomic E-state index is 11.9. The number of aryl methyl sites for hydroxylation is 1. The van der Waals surface area contributed by atoms with E-state index in [0.717, 1.165) is 18.4 Å². The molecule has 1 aliphatic rings. The van der Waals surface area contributed by atoms with Crippen LogP contribution in [0.5, 0.6) is 5.75 Å². The number of rotatable bonds is 2. The Balaban J connectivity index is 2.09. The van der Waals surface area contributed by atoms with Crippen LogP contribution in [0.2, 0.25) is 0 Å². The van der Waals surface area contributed by atoms with Crippen LogP contribution in [0, 0.1) is 6.92 Å². The molecule has 0 bridgehead atoms. The molecule has 0 heterocycles. The van der Waals surface area contributed by atoms with Crippen molar-refractivity contribution in [1.82, 2.24) is 0 Å². The molecule has 4 heteroatoms. The highest BCUT2D eigenvalue weighted by Crippen LogP contribution is 2.23. The van der Waals surface area contributed by atoms with E-state index in [1.807, 2.05) is 6.92 Å². The average Bonchev–Trinajstić information content (AvgIpc) is 2.32. The monoisotopic (exact) mass is 248 g/mol. The van der Waals surface area contributed by atoms with Crippen LogP contribution in [0.4, 0.5) is 0 Å². The highest BCUT2D eigenvalue weighted by atomic mass is 16.5. The minimum absolute atomic E-state index is 0.0267. The van der Waals surface area contributed by atoms with E-state index in [0.29, 0.717) is 12.8 Å². The molecule has 96 valence electrons. The van der Waals surface area contributed by atoms with Gasteiger partial charge < -0.3 is 9.84 Å². The smallest absolute Gasteiger partial charge is 0.342 e. The second-order valence-corrected chi connectivity index (χ2v) is 4.63. The molecule has 0 saturated heterocycles. The Morgan fingerprint density at radius 1 is 1.39 bits per heavy atom. The van der Waals surface area contributed by atoms with E-state index in [1.54, 1.807) is 6.07 Å². The lowest BCUT2D eigenvalue weighted by Gasteiger charge is -2.20. The van der Waals surface area contributed by atoms with Crippen LogP contribution in [-0.2, 0) is 9.53 Å². The molecule has 1 aliphatic carbocycles. The highest BCUT2D eigenvalue weighted by molar-refractivity contribution is 5.95. The van der Waals surface area contributed by atoms with Crippen molar-refractivity contribution in [2.75, 3.05) is 0 Å². The molecule has 1 aromatic rings. The van der Waals surface area contributed by atoms with E-state index in [2.05, 4.69) is 0 Å². The Kier molecular flexibility index (Phi) is 3.65. The molecule has 18 heavy (non-hydrogen) atoms. The third-order valence-electron chi connectivity index (χ3n) is 3.12. The normalized spacial score (nSPS) is 19.6. The summed E-state index contributed by atoms with van der Waals surface area (Å²) < 4.78 is 5.16. The summed E-state index contributed by atoms with van der Waals surface area (Å²) in [7, 11) is 0. The SMILES string of the molecule is Cc1ccc(C(=O)O[C@H]2CCCCC2=O)c(O)c1. The number of carbonyl (C=O) groups is 2. The van der Waals surface area contributed by atoms with Crippen molar-refractivity contribution in [2.24, 2.45) is 0 Å². The Labute approximate surface area is 106 Å². The van der Waals surface area contributed by atoms with Gasteiger partial charge in [-0.15, -0.1) is 0 Å². The number of benzene rings is 1. The largest absolute Gasteiger partial charge is 0.507 e. The number of phenolic OH excluding ortho intramolecular Hbond substituents is 1. The van der Waals surface area contributed by atoms with Gasteiger partial charge in [0.15, 0.2) is 11.9 Å². The summed E-state index contributed by atoms with van der Waals surface area (Å²) in [4.78, 5) is 23.4. The van der Waals surface area contributed by atoms with Crippen LogP contribution in [0.1, 0.15) is 41.6 Å². The summed E-state index contributed by atoms with van der Waals surface area (Å²) in [5, 5.41) is 9.67. The lowest BCUT2D eigenvalue weighted by molar-refractivity contribution is -0.129. The van der Waals surface area contributed by atoms with Gasteiger partial charge in [0.2, 0.25) is 0 Å². The third-order valence-corrected chi connectivity index (χ3v) is 3.12. The number of hydrogen-bond donors (Lipinski definition) is 1. The number of carbonyl (C=O) groups excluding carboxylic acids is 2. The van der Waals surface area contributed by atoms with Gasteiger partial charge in [-0.2, -0.15) is 0 Å². The van der Waals surface area contributed by atoms with Gasteiger partial charge in [-0.3, -0.25) is 4.79 Å². The Morgan fingerprint density at radius 3 is 2.83 bits per heavy atom. The molecular weight excluding hydrogens is 232 g/mol. The van der Waals surface area contributed by atoms with Gasteiger partial charge in [0, 0.05) is 6.42 Å². The van der Waals surface area contributed by atoms with Crippen molar-refractivity contribution < 1.29 is 19.4 Å². The fourth-order valence-corrected chi connectivity index (χ4v) is 2.08. The van der Waals surface area contributed by atoms with Crippen LogP contribution >= 0.6 is 0 Å². The quantitative estimate of drug-likeness (QED) is 0.816. The predicted octanol–water partition coefficient (Wildman–Crippen LogP) is 2.37. The molecule has 1 fully saturated rings. The first-order valence-corrected chi connectivity index (χ1v) is 6.11. The van der Waals surface area contributed by atoms with Gasteiger partial charge in [0.1, 0.15) is 11.3 Å². The number of esters is 1. The van der Waals surface area contributed by atoms with Crippen LogP contribution in [-0.4, -0.2) is 23.0 Å². The maximum Gasteiger partial charge on any atom is 0.342 e. The standard InChI is InChI=1S/C14H16O4/c1-9-6-7-10(12(16)8-9)14(17)18-13-5-3-2-4-11(13)15/h6-8,13,16H,2-5H2,1H3/t13-/m0/s1. The van der Waals surface area contributed by atoms with Crippen LogP contribution in [0.3, 0.4) is 0 Å². The number of aromatic hydroxyl groups is 1. The van der Waals surface area contributed by atoms with Gasteiger partial charge in [-0.05, 0) is 43.9 Å². The fraction of sp³-hybridized carbons (Fsp3) is 0.429. The average molecular weight is 248 g/mol. The van der Waals surface area contributed by atoms with E-state index in [-0.39, 0.29) is 17.1 Å². The molecular formula is C14H16O4. The van der Waals surface area contributed by atoms with Crippen molar-refractivity contribution >= 4 is 11.8 Å². The molecule has 0 aliphatic heterocycles. The van der Waals surface area contributed by atoms with Gasteiger partial charge >= 0.3 is 5.97 Å². The molecule has 0 aromatic heterocycles. The molecule has 2 rings (SSSR count). The fourth-order valence-electron chi connectivity index (χ4n) is 2.08. The third kappa shape index (κ3) is 2.70. The molecule has 0 amide bonds. The van der Waals surface area contributed by atoms with Gasteiger partial charge in [0.25, 0.3) is 0 Å². The Morgan fingerprint density at radius 2 is 2.17 bits per heavy atom. The lowest BCUT2D eigenvalue weighted by Crippen LogP contribution is -2.30.